The summed E-state index contributed by atoms with van der Waals surface area (Å²) >= 11 is 6.09. The molecule has 7 nitrogen and oxygen atoms in total. The van der Waals surface area contributed by atoms with Gasteiger partial charge in [-0.1, -0.05) is 29.8 Å². The van der Waals surface area contributed by atoms with Gasteiger partial charge in [0.25, 0.3) is 5.91 Å². The molecule has 2 aromatic rings. The molecule has 23 heavy (non-hydrogen) atoms. The van der Waals surface area contributed by atoms with Crippen molar-refractivity contribution in [3.05, 3.63) is 46.5 Å². The number of primary amides is 1. The monoisotopic (exact) mass is 335 g/mol. The number of benzene rings is 1. The summed E-state index contributed by atoms with van der Waals surface area (Å²) in [6, 6.07) is 7.21. The highest BCUT2D eigenvalue weighted by molar-refractivity contribution is 6.31. The molecule has 3 N–H and O–H groups in total. The number of carbonyl (C=O) groups is 2. The standard InChI is InChI=1S/C15H18ClN5O2/c1-9-19-14(21(2)20-9)15(23)18-8-11(13(17)22)7-10-5-3-4-6-12(10)16/h3-6,11H,7-8H2,1-2H3,(H2,17,22)(H,18,23). The van der Waals surface area contributed by atoms with Gasteiger partial charge >= 0.3 is 0 Å². The van der Waals surface area contributed by atoms with Crippen molar-refractivity contribution >= 4 is 23.4 Å². The maximum Gasteiger partial charge on any atom is 0.288 e. The van der Waals surface area contributed by atoms with Crippen molar-refractivity contribution in [2.45, 2.75) is 13.3 Å². The van der Waals surface area contributed by atoms with Crippen LogP contribution in [0.3, 0.4) is 0 Å². The molecule has 0 saturated carbocycles. The first-order valence-electron chi connectivity index (χ1n) is 7.07. The van der Waals surface area contributed by atoms with E-state index in [1.807, 2.05) is 18.2 Å². The van der Waals surface area contributed by atoms with Crippen LogP contribution in [0.15, 0.2) is 24.3 Å². The van der Waals surface area contributed by atoms with Crippen molar-refractivity contribution in [3.8, 4) is 0 Å². The van der Waals surface area contributed by atoms with Crippen LogP contribution >= 0.6 is 11.6 Å². The lowest BCUT2D eigenvalue weighted by molar-refractivity contribution is -0.121. The van der Waals surface area contributed by atoms with Gasteiger partial charge in [-0.15, -0.1) is 0 Å². The van der Waals surface area contributed by atoms with Gasteiger partial charge in [0.15, 0.2) is 0 Å². The maximum atomic E-state index is 12.1. The number of aromatic nitrogens is 3. The topological polar surface area (TPSA) is 103 Å². The number of hydrogen-bond acceptors (Lipinski definition) is 4. The summed E-state index contributed by atoms with van der Waals surface area (Å²) in [7, 11) is 1.63. The zero-order chi connectivity index (χ0) is 17.0. The molecule has 1 atom stereocenters. The largest absolute Gasteiger partial charge is 0.369 e. The Labute approximate surface area is 138 Å². The summed E-state index contributed by atoms with van der Waals surface area (Å²) in [5.74, 6) is -0.783. The molecule has 122 valence electrons. The van der Waals surface area contributed by atoms with Gasteiger partial charge in [-0.05, 0) is 25.0 Å². The van der Waals surface area contributed by atoms with Gasteiger partial charge in [0.2, 0.25) is 11.7 Å². The van der Waals surface area contributed by atoms with Crippen LogP contribution < -0.4 is 11.1 Å². The summed E-state index contributed by atoms with van der Waals surface area (Å²) in [4.78, 5) is 27.8. The van der Waals surface area contributed by atoms with E-state index in [1.165, 1.54) is 4.68 Å². The number of carbonyl (C=O) groups excluding carboxylic acids is 2. The molecule has 0 saturated heterocycles. The lowest BCUT2D eigenvalue weighted by Crippen LogP contribution is -2.38. The van der Waals surface area contributed by atoms with E-state index >= 15 is 0 Å². The molecule has 0 bridgehead atoms. The molecule has 0 aliphatic rings. The predicted molar refractivity (Wildman–Crippen MR) is 85.9 cm³/mol. The number of nitrogens with one attached hydrogen (secondary N) is 1. The third-order valence-corrected chi connectivity index (χ3v) is 3.78. The van der Waals surface area contributed by atoms with Crippen molar-refractivity contribution in [3.63, 3.8) is 0 Å². The van der Waals surface area contributed by atoms with E-state index in [2.05, 4.69) is 15.4 Å². The lowest BCUT2D eigenvalue weighted by Gasteiger charge is -2.15. The van der Waals surface area contributed by atoms with Gasteiger partial charge in [-0.25, -0.2) is 9.67 Å². The Bertz CT molecular complexity index is 728. The minimum Gasteiger partial charge on any atom is -0.369 e. The van der Waals surface area contributed by atoms with Crippen LogP contribution in [0.1, 0.15) is 22.0 Å². The number of hydrogen-bond donors (Lipinski definition) is 2. The average Bonchev–Trinajstić information content (AvgIpc) is 2.83. The third-order valence-electron chi connectivity index (χ3n) is 3.41. The Morgan fingerprint density at radius 2 is 2.09 bits per heavy atom. The Kier molecular flexibility index (Phi) is 5.33. The van der Waals surface area contributed by atoms with Crippen LogP contribution in [0, 0.1) is 12.8 Å². The molecule has 0 spiro atoms. The molecule has 1 unspecified atom stereocenters. The molecule has 0 aliphatic carbocycles. The summed E-state index contributed by atoms with van der Waals surface area (Å²) in [6.07, 6.45) is 0.354. The quantitative estimate of drug-likeness (QED) is 0.816. The fraction of sp³-hybridized carbons (Fsp3) is 0.333. The molecule has 1 aromatic heterocycles. The van der Waals surface area contributed by atoms with E-state index in [4.69, 9.17) is 17.3 Å². The molecular formula is C15H18ClN5O2. The van der Waals surface area contributed by atoms with Gasteiger partial charge in [0.1, 0.15) is 5.82 Å². The highest BCUT2D eigenvalue weighted by Gasteiger charge is 2.20. The lowest BCUT2D eigenvalue weighted by atomic mass is 9.98. The molecule has 0 fully saturated rings. The van der Waals surface area contributed by atoms with Crippen LogP contribution in [-0.4, -0.2) is 33.1 Å². The second-order valence-electron chi connectivity index (χ2n) is 5.21. The van der Waals surface area contributed by atoms with Crippen LogP contribution in [0.25, 0.3) is 0 Å². The molecule has 0 aliphatic heterocycles. The van der Waals surface area contributed by atoms with Crippen molar-refractivity contribution in [2.24, 2.45) is 18.7 Å². The fourth-order valence-electron chi connectivity index (χ4n) is 2.21. The average molecular weight is 336 g/mol. The summed E-state index contributed by atoms with van der Waals surface area (Å²) in [6.45, 7) is 1.80. The van der Waals surface area contributed by atoms with E-state index < -0.39 is 17.7 Å². The van der Waals surface area contributed by atoms with E-state index in [1.54, 1.807) is 20.0 Å². The predicted octanol–water partition coefficient (Wildman–Crippen LogP) is 0.851. The normalized spacial score (nSPS) is 12.0. The van der Waals surface area contributed by atoms with Crippen LogP contribution in [0.2, 0.25) is 5.02 Å². The van der Waals surface area contributed by atoms with Gasteiger partial charge < -0.3 is 11.1 Å². The first-order valence-corrected chi connectivity index (χ1v) is 7.45. The van der Waals surface area contributed by atoms with E-state index in [0.717, 1.165) is 5.56 Å². The SMILES string of the molecule is Cc1nc(C(=O)NCC(Cc2ccccc2Cl)C(N)=O)n(C)n1. The first kappa shape index (κ1) is 17.0. The number of nitrogens with zero attached hydrogens (tertiary/aromatic N) is 3. The van der Waals surface area contributed by atoms with Crippen molar-refractivity contribution in [2.75, 3.05) is 6.54 Å². The minimum atomic E-state index is -0.562. The Morgan fingerprint density at radius 1 is 1.39 bits per heavy atom. The molecule has 1 aromatic carbocycles. The molecule has 2 amide bonds. The van der Waals surface area contributed by atoms with Gasteiger partial charge in [0, 0.05) is 18.6 Å². The van der Waals surface area contributed by atoms with E-state index in [0.29, 0.717) is 17.3 Å². The van der Waals surface area contributed by atoms with Gasteiger partial charge in [0.05, 0.1) is 5.92 Å². The second kappa shape index (κ2) is 7.23. The number of halogens is 1. The maximum absolute atomic E-state index is 12.1. The molecular weight excluding hydrogens is 318 g/mol. The van der Waals surface area contributed by atoms with E-state index in [-0.39, 0.29) is 12.4 Å². The molecule has 2 rings (SSSR count). The highest BCUT2D eigenvalue weighted by atomic mass is 35.5. The van der Waals surface area contributed by atoms with Gasteiger partial charge in [-0.3, -0.25) is 9.59 Å². The van der Waals surface area contributed by atoms with Crippen molar-refractivity contribution < 1.29 is 9.59 Å². The van der Waals surface area contributed by atoms with E-state index in [9.17, 15) is 9.59 Å². The number of amides is 2. The smallest absolute Gasteiger partial charge is 0.288 e. The molecule has 1 heterocycles. The minimum absolute atomic E-state index is 0.102. The molecule has 0 radical (unpaired) electrons. The van der Waals surface area contributed by atoms with Crippen molar-refractivity contribution in [1.82, 2.24) is 20.1 Å². The zero-order valence-electron chi connectivity index (χ0n) is 12.9. The summed E-state index contributed by atoms with van der Waals surface area (Å²) in [5, 5.41) is 7.24. The summed E-state index contributed by atoms with van der Waals surface area (Å²) in [5.41, 5.74) is 6.23. The van der Waals surface area contributed by atoms with Crippen LogP contribution in [0.4, 0.5) is 0 Å². The molecule has 8 heteroatoms. The number of nitrogens with two attached hydrogens (primary N) is 1. The highest BCUT2D eigenvalue weighted by Crippen LogP contribution is 2.18. The number of aryl methyl sites for hydroxylation is 2. The van der Waals surface area contributed by atoms with Crippen molar-refractivity contribution in [1.29, 1.82) is 0 Å². The Balaban J connectivity index is 2.03. The summed E-state index contributed by atoms with van der Waals surface area (Å²) < 4.78 is 1.39. The van der Waals surface area contributed by atoms with Crippen LogP contribution in [-0.2, 0) is 18.3 Å². The van der Waals surface area contributed by atoms with Gasteiger partial charge in [-0.2, -0.15) is 5.10 Å². The zero-order valence-corrected chi connectivity index (χ0v) is 13.7. The van der Waals surface area contributed by atoms with Crippen LogP contribution in [0.5, 0.6) is 0 Å². The number of rotatable bonds is 6. The fourth-order valence-corrected chi connectivity index (χ4v) is 2.42. The second-order valence-corrected chi connectivity index (χ2v) is 5.62. The third kappa shape index (κ3) is 4.29. The first-order chi connectivity index (χ1) is 10.9. The Hall–Kier alpha value is -2.41. The Morgan fingerprint density at radius 3 is 2.65 bits per heavy atom.